The lowest BCUT2D eigenvalue weighted by Crippen LogP contribution is -2.30. The molecule has 0 spiro atoms. The van der Waals surface area contributed by atoms with Crippen LogP contribution in [-0.4, -0.2) is 26.4 Å². The van der Waals surface area contributed by atoms with Crippen molar-refractivity contribution in [2.75, 3.05) is 5.32 Å². The number of rotatable bonds is 5. The van der Waals surface area contributed by atoms with Crippen molar-refractivity contribution in [2.45, 2.75) is 17.9 Å². The van der Waals surface area contributed by atoms with Gasteiger partial charge in [0, 0.05) is 9.26 Å². The van der Waals surface area contributed by atoms with Gasteiger partial charge in [-0.25, -0.2) is 18.4 Å². The van der Waals surface area contributed by atoms with Crippen molar-refractivity contribution in [2.24, 2.45) is 5.14 Å². The van der Waals surface area contributed by atoms with E-state index >= 15 is 0 Å². The van der Waals surface area contributed by atoms with E-state index in [0.717, 1.165) is 3.57 Å². The number of benzene rings is 2. The van der Waals surface area contributed by atoms with Gasteiger partial charge in [-0.05, 0) is 65.9 Å². The molecule has 0 bridgehead atoms. The predicted molar refractivity (Wildman–Crippen MR) is 100 cm³/mol. The van der Waals surface area contributed by atoms with E-state index in [4.69, 9.17) is 9.88 Å². The van der Waals surface area contributed by atoms with Gasteiger partial charge in [0.1, 0.15) is 0 Å². The Morgan fingerprint density at radius 3 is 2.28 bits per heavy atom. The Kier molecular flexibility index (Phi) is 6.14. The lowest BCUT2D eigenvalue weighted by molar-refractivity contribution is -0.123. The van der Waals surface area contributed by atoms with Crippen molar-refractivity contribution in [1.29, 1.82) is 0 Å². The van der Waals surface area contributed by atoms with Gasteiger partial charge in [-0.1, -0.05) is 12.1 Å². The first kappa shape index (κ1) is 19.3. The maximum Gasteiger partial charge on any atom is 0.339 e. The number of esters is 1. The molecule has 0 aliphatic rings. The Labute approximate surface area is 158 Å². The smallest absolute Gasteiger partial charge is 0.339 e. The number of carbonyl (C=O) groups excluding carboxylic acids is 2. The van der Waals surface area contributed by atoms with Crippen LogP contribution in [0.1, 0.15) is 17.3 Å². The standard InChI is InChI=1S/C16H15IN2O5S/c1-10(24-16(21)13-4-2-3-5-14(13)17)15(20)19-11-6-8-12(9-7-11)25(18,22)23/h2-10H,1H3,(H,19,20)(H2,18,22,23)/t10-/m1/s1. The highest BCUT2D eigenvalue weighted by Crippen LogP contribution is 2.15. The van der Waals surface area contributed by atoms with E-state index in [0.29, 0.717) is 11.3 Å². The van der Waals surface area contributed by atoms with Crippen LogP contribution in [0.25, 0.3) is 0 Å². The first-order valence-electron chi connectivity index (χ1n) is 7.07. The van der Waals surface area contributed by atoms with Gasteiger partial charge < -0.3 is 10.1 Å². The molecule has 7 nitrogen and oxygen atoms in total. The molecule has 0 radical (unpaired) electrons. The summed E-state index contributed by atoms with van der Waals surface area (Å²) in [7, 11) is -3.80. The van der Waals surface area contributed by atoms with Crippen molar-refractivity contribution in [3.05, 3.63) is 57.7 Å². The molecule has 0 heterocycles. The van der Waals surface area contributed by atoms with Crippen LogP contribution in [0.2, 0.25) is 0 Å². The van der Waals surface area contributed by atoms with E-state index in [9.17, 15) is 18.0 Å². The summed E-state index contributed by atoms with van der Waals surface area (Å²) in [5, 5.41) is 7.54. The molecule has 0 unspecified atom stereocenters. The Bertz CT molecular complexity index is 897. The quantitative estimate of drug-likeness (QED) is 0.509. The molecule has 0 saturated heterocycles. The maximum absolute atomic E-state index is 12.1. The summed E-state index contributed by atoms with van der Waals surface area (Å²) < 4.78 is 28.3. The molecule has 0 fully saturated rings. The first-order chi connectivity index (χ1) is 11.7. The molecule has 25 heavy (non-hydrogen) atoms. The van der Waals surface area contributed by atoms with Crippen molar-refractivity contribution in [3.63, 3.8) is 0 Å². The average Bonchev–Trinajstić information content (AvgIpc) is 2.54. The third-order valence-electron chi connectivity index (χ3n) is 3.20. The van der Waals surface area contributed by atoms with E-state index in [1.165, 1.54) is 31.2 Å². The van der Waals surface area contributed by atoms with Gasteiger partial charge in [-0.2, -0.15) is 0 Å². The average molecular weight is 474 g/mol. The molecule has 132 valence electrons. The van der Waals surface area contributed by atoms with Gasteiger partial charge in [0.15, 0.2) is 6.10 Å². The number of hydrogen-bond acceptors (Lipinski definition) is 5. The fraction of sp³-hybridized carbons (Fsp3) is 0.125. The van der Waals surface area contributed by atoms with Gasteiger partial charge in [0.05, 0.1) is 10.5 Å². The number of halogens is 1. The maximum atomic E-state index is 12.1. The number of anilines is 1. The molecule has 9 heteroatoms. The van der Waals surface area contributed by atoms with Crippen LogP contribution in [0, 0.1) is 3.57 Å². The van der Waals surface area contributed by atoms with E-state index in [1.807, 2.05) is 22.6 Å². The van der Waals surface area contributed by atoms with Crippen molar-refractivity contribution >= 4 is 50.2 Å². The SMILES string of the molecule is C[C@@H](OC(=O)c1ccccc1I)C(=O)Nc1ccc(S(N)(=O)=O)cc1. The predicted octanol–water partition coefficient (Wildman–Crippen LogP) is 2.12. The number of sulfonamides is 1. The van der Waals surface area contributed by atoms with Crippen LogP contribution < -0.4 is 10.5 Å². The highest BCUT2D eigenvalue weighted by atomic mass is 127. The fourth-order valence-electron chi connectivity index (χ4n) is 1.88. The highest BCUT2D eigenvalue weighted by molar-refractivity contribution is 14.1. The molecule has 0 aromatic heterocycles. The van der Waals surface area contributed by atoms with Crippen molar-refractivity contribution in [3.8, 4) is 0 Å². The topological polar surface area (TPSA) is 116 Å². The molecular weight excluding hydrogens is 459 g/mol. The second-order valence-corrected chi connectivity index (χ2v) is 7.81. The van der Waals surface area contributed by atoms with Gasteiger partial charge in [0.25, 0.3) is 5.91 Å². The minimum Gasteiger partial charge on any atom is -0.449 e. The lowest BCUT2D eigenvalue weighted by Gasteiger charge is -2.14. The number of amides is 1. The van der Waals surface area contributed by atoms with Crippen LogP contribution in [-0.2, 0) is 19.6 Å². The van der Waals surface area contributed by atoms with E-state index in [-0.39, 0.29) is 4.90 Å². The van der Waals surface area contributed by atoms with Gasteiger partial charge in [-0.15, -0.1) is 0 Å². The molecule has 2 aromatic rings. The molecule has 0 aliphatic heterocycles. The summed E-state index contributed by atoms with van der Waals surface area (Å²) in [4.78, 5) is 24.1. The van der Waals surface area contributed by atoms with E-state index in [1.54, 1.807) is 24.3 Å². The lowest BCUT2D eigenvalue weighted by atomic mass is 10.2. The molecule has 2 aromatic carbocycles. The van der Waals surface area contributed by atoms with Crippen molar-refractivity contribution < 1.29 is 22.7 Å². The largest absolute Gasteiger partial charge is 0.449 e. The van der Waals surface area contributed by atoms with Gasteiger partial charge in [0.2, 0.25) is 10.0 Å². The molecule has 1 amide bonds. The third kappa shape index (κ3) is 5.25. The Morgan fingerprint density at radius 2 is 1.72 bits per heavy atom. The number of nitrogens with two attached hydrogens (primary N) is 1. The normalized spacial score (nSPS) is 12.3. The Balaban J connectivity index is 2.01. The zero-order valence-electron chi connectivity index (χ0n) is 13.1. The number of primary sulfonamides is 1. The van der Waals surface area contributed by atoms with E-state index in [2.05, 4.69) is 5.32 Å². The number of hydrogen-bond donors (Lipinski definition) is 2. The monoisotopic (exact) mass is 474 g/mol. The summed E-state index contributed by atoms with van der Waals surface area (Å²) in [5.41, 5.74) is 0.731. The van der Waals surface area contributed by atoms with Crippen LogP contribution >= 0.6 is 22.6 Å². The summed E-state index contributed by atoms with van der Waals surface area (Å²) in [6, 6.07) is 12.2. The number of carbonyl (C=O) groups is 2. The van der Waals surface area contributed by atoms with Gasteiger partial charge >= 0.3 is 5.97 Å². The highest BCUT2D eigenvalue weighted by Gasteiger charge is 2.20. The molecule has 0 aliphatic carbocycles. The summed E-state index contributed by atoms with van der Waals surface area (Å²) in [6.07, 6.45) is -1.03. The zero-order valence-corrected chi connectivity index (χ0v) is 16.1. The van der Waals surface area contributed by atoms with Crippen molar-refractivity contribution in [1.82, 2.24) is 0 Å². The molecule has 1 atom stereocenters. The second kappa shape index (κ2) is 7.93. The van der Waals surface area contributed by atoms with E-state index < -0.39 is 28.0 Å². The zero-order chi connectivity index (χ0) is 18.6. The second-order valence-electron chi connectivity index (χ2n) is 5.09. The molecule has 0 saturated carbocycles. The minimum atomic E-state index is -3.80. The molecule has 2 rings (SSSR count). The number of nitrogens with one attached hydrogen (secondary N) is 1. The minimum absolute atomic E-state index is 0.0661. The Hall–Kier alpha value is -1.98. The van der Waals surface area contributed by atoms with Crippen LogP contribution in [0.5, 0.6) is 0 Å². The fourth-order valence-corrected chi connectivity index (χ4v) is 3.00. The third-order valence-corrected chi connectivity index (χ3v) is 5.07. The summed E-state index contributed by atoms with van der Waals surface area (Å²) >= 11 is 2.01. The summed E-state index contributed by atoms with van der Waals surface area (Å²) in [5.74, 6) is -1.14. The summed E-state index contributed by atoms with van der Waals surface area (Å²) in [6.45, 7) is 1.45. The molecule has 3 N–H and O–H groups in total. The van der Waals surface area contributed by atoms with Crippen LogP contribution in [0.4, 0.5) is 5.69 Å². The number of ether oxygens (including phenoxy) is 1. The Morgan fingerprint density at radius 1 is 1.12 bits per heavy atom. The molecular formula is C16H15IN2O5S. The first-order valence-corrected chi connectivity index (χ1v) is 9.70. The van der Waals surface area contributed by atoms with Gasteiger partial charge in [-0.3, -0.25) is 4.79 Å². The van der Waals surface area contributed by atoms with Crippen LogP contribution in [0.15, 0.2) is 53.4 Å². The van der Waals surface area contributed by atoms with Crippen LogP contribution in [0.3, 0.4) is 0 Å².